The summed E-state index contributed by atoms with van der Waals surface area (Å²) in [5, 5.41) is 12.8. The van der Waals surface area contributed by atoms with Crippen molar-refractivity contribution in [3.8, 4) is 5.75 Å². The maximum Gasteiger partial charge on any atom is 0.221 e. The number of hydrogen-bond acceptors (Lipinski definition) is 3. The van der Waals surface area contributed by atoms with Gasteiger partial charge in [-0.2, -0.15) is 0 Å². The van der Waals surface area contributed by atoms with Crippen LogP contribution in [0, 0.1) is 0 Å². The van der Waals surface area contributed by atoms with Gasteiger partial charge in [0, 0.05) is 18.9 Å². The number of para-hydroxylation sites is 1. The Morgan fingerprint density at radius 1 is 1.37 bits per heavy atom. The molecule has 1 aromatic carbocycles. The van der Waals surface area contributed by atoms with Crippen molar-refractivity contribution < 1.29 is 9.90 Å². The van der Waals surface area contributed by atoms with Crippen molar-refractivity contribution >= 4 is 11.6 Å². The van der Waals surface area contributed by atoms with Gasteiger partial charge >= 0.3 is 0 Å². The lowest BCUT2D eigenvalue weighted by molar-refractivity contribution is -0.114. The molecule has 1 fully saturated rings. The van der Waals surface area contributed by atoms with E-state index in [1.807, 2.05) is 12.1 Å². The van der Waals surface area contributed by atoms with Crippen LogP contribution >= 0.6 is 0 Å². The Bertz CT molecular complexity index is 465. The summed E-state index contributed by atoms with van der Waals surface area (Å²) in [6, 6.07) is 5.40. The molecule has 0 bridgehead atoms. The molecular formula is C15H22N2O2. The lowest BCUT2D eigenvalue weighted by Gasteiger charge is -2.38. The molecule has 0 radical (unpaired) electrons. The minimum absolute atomic E-state index is 0.116. The molecule has 0 aliphatic heterocycles. The summed E-state index contributed by atoms with van der Waals surface area (Å²) in [6.45, 7) is 2.00. The Hall–Kier alpha value is -1.55. The number of carbonyl (C=O) groups excluding carboxylic acids is 1. The van der Waals surface area contributed by atoms with Crippen molar-refractivity contribution in [3.63, 3.8) is 0 Å². The van der Waals surface area contributed by atoms with Crippen molar-refractivity contribution in [3.05, 3.63) is 23.8 Å². The van der Waals surface area contributed by atoms with Crippen LogP contribution in [0.1, 0.15) is 44.6 Å². The van der Waals surface area contributed by atoms with Gasteiger partial charge in [-0.25, -0.2) is 0 Å². The third kappa shape index (κ3) is 2.73. The van der Waals surface area contributed by atoms with Gasteiger partial charge in [0.1, 0.15) is 5.75 Å². The summed E-state index contributed by atoms with van der Waals surface area (Å²) in [5.41, 5.74) is 7.42. The number of aromatic hydroxyl groups is 1. The van der Waals surface area contributed by atoms with Crippen molar-refractivity contribution in [1.82, 2.24) is 0 Å². The van der Waals surface area contributed by atoms with Gasteiger partial charge < -0.3 is 16.2 Å². The lowest BCUT2D eigenvalue weighted by Crippen LogP contribution is -2.38. The smallest absolute Gasteiger partial charge is 0.221 e. The zero-order chi connectivity index (χ0) is 13.9. The fourth-order valence-corrected chi connectivity index (χ4v) is 3.10. The predicted molar refractivity (Wildman–Crippen MR) is 76.2 cm³/mol. The van der Waals surface area contributed by atoms with Crippen molar-refractivity contribution in [1.29, 1.82) is 0 Å². The SMILES string of the molecule is CC(=O)Nc1c(O)cccc1C1(CN)CCCCC1. The van der Waals surface area contributed by atoms with Gasteiger partial charge in [0.05, 0.1) is 5.69 Å². The second-order valence-corrected chi connectivity index (χ2v) is 5.43. The summed E-state index contributed by atoms with van der Waals surface area (Å²) in [6.07, 6.45) is 5.55. The molecule has 1 aliphatic carbocycles. The van der Waals surface area contributed by atoms with Gasteiger partial charge in [-0.05, 0) is 24.5 Å². The van der Waals surface area contributed by atoms with E-state index in [2.05, 4.69) is 5.32 Å². The highest BCUT2D eigenvalue weighted by atomic mass is 16.3. The third-order valence-electron chi connectivity index (χ3n) is 4.12. The molecule has 4 heteroatoms. The topological polar surface area (TPSA) is 75.3 Å². The monoisotopic (exact) mass is 262 g/mol. The van der Waals surface area contributed by atoms with Crippen molar-refractivity contribution in [2.45, 2.75) is 44.4 Å². The number of benzene rings is 1. The molecule has 19 heavy (non-hydrogen) atoms. The Balaban J connectivity index is 2.47. The molecule has 0 heterocycles. The minimum Gasteiger partial charge on any atom is -0.506 e. The Morgan fingerprint density at radius 2 is 2.05 bits per heavy atom. The maximum absolute atomic E-state index is 11.3. The average molecular weight is 262 g/mol. The first kappa shape index (κ1) is 13.9. The van der Waals surface area contributed by atoms with E-state index in [1.165, 1.54) is 13.3 Å². The number of hydrogen-bond donors (Lipinski definition) is 3. The van der Waals surface area contributed by atoms with Crippen molar-refractivity contribution in [2.24, 2.45) is 5.73 Å². The van der Waals surface area contributed by atoms with E-state index in [-0.39, 0.29) is 17.1 Å². The van der Waals surface area contributed by atoms with E-state index in [1.54, 1.807) is 6.07 Å². The number of carbonyl (C=O) groups is 1. The normalized spacial score (nSPS) is 18.0. The number of nitrogens with one attached hydrogen (secondary N) is 1. The first-order chi connectivity index (χ1) is 9.09. The predicted octanol–water partition coefficient (Wildman–Crippen LogP) is 2.51. The number of phenols is 1. The van der Waals surface area contributed by atoms with Gasteiger partial charge in [0.15, 0.2) is 0 Å². The Labute approximate surface area is 114 Å². The van der Waals surface area contributed by atoms with Gasteiger partial charge in [0.25, 0.3) is 0 Å². The molecule has 0 atom stereocenters. The maximum atomic E-state index is 11.3. The number of amides is 1. The number of nitrogens with two attached hydrogens (primary N) is 1. The standard InChI is InChI=1S/C15H22N2O2/c1-11(18)17-14-12(6-5-7-13(14)19)15(10-16)8-3-2-4-9-15/h5-7,19H,2-4,8-10,16H2,1H3,(H,17,18). The fraction of sp³-hybridized carbons (Fsp3) is 0.533. The van der Waals surface area contributed by atoms with Crippen LogP contribution in [0.5, 0.6) is 5.75 Å². The molecular weight excluding hydrogens is 240 g/mol. The highest BCUT2D eigenvalue weighted by Gasteiger charge is 2.35. The van der Waals surface area contributed by atoms with Crippen LogP contribution in [0.15, 0.2) is 18.2 Å². The second-order valence-electron chi connectivity index (χ2n) is 5.43. The number of rotatable bonds is 3. The van der Waals surface area contributed by atoms with E-state index in [9.17, 15) is 9.90 Å². The first-order valence-electron chi connectivity index (χ1n) is 6.89. The van der Waals surface area contributed by atoms with Crippen LogP contribution in [0.3, 0.4) is 0 Å². The summed E-state index contributed by atoms with van der Waals surface area (Å²) in [4.78, 5) is 11.3. The summed E-state index contributed by atoms with van der Waals surface area (Å²) >= 11 is 0. The molecule has 2 rings (SSSR count). The molecule has 0 unspecified atom stereocenters. The summed E-state index contributed by atoms with van der Waals surface area (Å²) in [7, 11) is 0. The quantitative estimate of drug-likeness (QED) is 0.733. The highest BCUT2D eigenvalue weighted by Crippen LogP contribution is 2.44. The van der Waals surface area contributed by atoms with E-state index >= 15 is 0 Å². The molecule has 0 aromatic heterocycles. The zero-order valence-corrected chi connectivity index (χ0v) is 11.4. The fourth-order valence-electron chi connectivity index (χ4n) is 3.10. The van der Waals surface area contributed by atoms with Crippen LogP contribution in [0.4, 0.5) is 5.69 Å². The minimum atomic E-state index is -0.175. The van der Waals surface area contributed by atoms with Crippen LogP contribution in [-0.4, -0.2) is 17.6 Å². The second kappa shape index (κ2) is 5.61. The highest BCUT2D eigenvalue weighted by molar-refractivity contribution is 5.91. The van der Waals surface area contributed by atoms with Gasteiger partial charge in [0.2, 0.25) is 5.91 Å². The van der Waals surface area contributed by atoms with E-state index in [0.29, 0.717) is 12.2 Å². The molecule has 4 nitrogen and oxygen atoms in total. The van der Waals surface area contributed by atoms with Crippen molar-refractivity contribution in [2.75, 3.05) is 11.9 Å². The first-order valence-corrected chi connectivity index (χ1v) is 6.89. The molecule has 1 amide bonds. The lowest BCUT2D eigenvalue weighted by atomic mass is 9.69. The zero-order valence-electron chi connectivity index (χ0n) is 11.4. The molecule has 1 aliphatic rings. The molecule has 4 N–H and O–H groups in total. The molecule has 1 aromatic rings. The van der Waals surface area contributed by atoms with Gasteiger partial charge in [-0.1, -0.05) is 31.4 Å². The molecule has 1 saturated carbocycles. The van der Waals surface area contributed by atoms with Gasteiger partial charge in [-0.15, -0.1) is 0 Å². The number of phenolic OH excluding ortho intramolecular Hbond substituents is 1. The van der Waals surface area contributed by atoms with E-state index < -0.39 is 0 Å². The molecule has 0 spiro atoms. The third-order valence-corrected chi connectivity index (χ3v) is 4.12. The Kier molecular flexibility index (Phi) is 4.10. The van der Waals surface area contributed by atoms with Crippen LogP contribution < -0.4 is 11.1 Å². The van der Waals surface area contributed by atoms with Crippen LogP contribution in [0.2, 0.25) is 0 Å². The van der Waals surface area contributed by atoms with Gasteiger partial charge in [-0.3, -0.25) is 4.79 Å². The van der Waals surface area contributed by atoms with Crippen LogP contribution in [0.25, 0.3) is 0 Å². The van der Waals surface area contributed by atoms with E-state index in [0.717, 1.165) is 31.2 Å². The number of anilines is 1. The average Bonchev–Trinajstić information content (AvgIpc) is 2.41. The summed E-state index contributed by atoms with van der Waals surface area (Å²) in [5.74, 6) is -0.0585. The van der Waals surface area contributed by atoms with Crippen LogP contribution in [-0.2, 0) is 10.2 Å². The molecule has 104 valence electrons. The van der Waals surface area contributed by atoms with E-state index in [4.69, 9.17) is 5.73 Å². The summed E-state index contributed by atoms with van der Waals surface area (Å²) < 4.78 is 0. The molecule has 0 saturated heterocycles. The largest absolute Gasteiger partial charge is 0.506 e. The Morgan fingerprint density at radius 3 is 2.63 bits per heavy atom.